The summed E-state index contributed by atoms with van der Waals surface area (Å²) in [5.74, 6) is -7.07. The van der Waals surface area contributed by atoms with Crippen molar-refractivity contribution >= 4 is 5.91 Å². The van der Waals surface area contributed by atoms with E-state index in [0.29, 0.717) is 0 Å². The number of amides is 1. The highest BCUT2D eigenvalue weighted by atomic mass is 19.3. The Morgan fingerprint density at radius 1 is 1.45 bits per heavy atom. The Morgan fingerprint density at radius 2 is 2.05 bits per heavy atom. The van der Waals surface area contributed by atoms with Gasteiger partial charge in [0.05, 0.1) is 6.07 Å². The molecular weight excluding hydrogens is 273 g/mol. The van der Waals surface area contributed by atoms with E-state index in [1.54, 1.807) is 0 Å². The van der Waals surface area contributed by atoms with Gasteiger partial charge in [0, 0.05) is 5.56 Å². The number of hydrogen-bond donors (Lipinski definition) is 1. The molecular formula is C13H13F3N2O2. The number of ether oxygens (including phenoxy) is 1. The molecule has 0 saturated heterocycles. The van der Waals surface area contributed by atoms with Gasteiger partial charge in [-0.15, -0.1) is 0 Å². The number of rotatable bonds is 6. The van der Waals surface area contributed by atoms with Crippen molar-refractivity contribution in [2.75, 3.05) is 6.61 Å². The SMILES string of the molecule is CC[C@@](OCC#N)(c1ccccc1F)C(F)(F)C(N)=O. The molecule has 108 valence electrons. The van der Waals surface area contributed by atoms with Gasteiger partial charge in [0.25, 0.3) is 5.91 Å². The molecule has 1 rings (SSSR count). The lowest BCUT2D eigenvalue weighted by molar-refractivity contribution is -0.212. The summed E-state index contributed by atoms with van der Waals surface area (Å²) in [5.41, 5.74) is 1.59. The first-order chi connectivity index (χ1) is 9.33. The van der Waals surface area contributed by atoms with E-state index >= 15 is 0 Å². The average Bonchev–Trinajstić information content (AvgIpc) is 2.41. The molecule has 2 N–H and O–H groups in total. The molecule has 0 bridgehead atoms. The standard InChI is InChI=1S/C13H13F3N2O2/c1-2-12(20-8-7-17,13(15,16)11(18)19)9-5-3-4-6-10(9)14/h3-6H,2,8H2,1H3,(H2,18,19)/t12-/m1/s1. The fourth-order valence-corrected chi connectivity index (χ4v) is 2.00. The average molecular weight is 286 g/mol. The predicted octanol–water partition coefficient (Wildman–Crippen LogP) is 2.09. The summed E-state index contributed by atoms with van der Waals surface area (Å²) in [5, 5.41) is 8.52. The normalized spacial score (nSPS) is 14.3. The van der Waals surface area contributed by atoms with Crippen molar-refractivity contribution in [2.24, 2.45) is 5.73 Å². The number of nitrogens with two attached hydrogens (primary N) is 1. The largest absolute Gasteiger partial charge is 0.364 e. The topological polar surface area (TPSA) is 76.1 Å². The van der Waals surface area contributed by atoms with E-state index in [4.69, 9.17) is 15.7 Å². The van der Waals surface area contributed by atoms with E-state index in [2.05, 4.69) is 0 Å². The number of alkyl halides is 2. The molecule has 0 aliphatic carbocycles. The fraction of sp³-hybridized carbons (Fsp3) is 0.385. The maximum absolute atomic E-state index is 14.2. The van der Waals surface area contributed by atoms with Crippen molar-refractivity contribution in [3.8, 4) is 6.07 Å². The zero-order valence-electron chi connectivity index (χ0n) is 10.7. The van der Waals surface area contributed by atoms with Crippen LogP contribution in [0.15, 0.2) is 24.3 Å². The van der Waals surface area contributed by atoms with E-state index in [-0.39, 0.29) is 0 Å². The Hall–Kier alpha value is -2.07. The van der Waals surface area contributed by atoms with Crippen LogP contribution in [0.1, 0.15) is 18.9 Å². The van der Waals surface area contributed by atoms with Crippen LogP contribution < -0.4 is 5.73 Å². The van der Waals surface area contributed by atoms with Crippen molar-refractivity contribution in [2.45, 2.75) is 24.9 Å². The quantitative estimate of drug-likeness (QED) is 0.870. The lowest BCUT2D eigenvalue weighted by Gasteiger charge is -2.37. The van der Waals surface area contributed by atoms with Gasteiger partial charge in [-0.25, -0.2) is 4.39 Å². The maximum Gasteiger partial charge on any atom is 0.356 e. The molecule has 0 radical (unpaired) electrons. The molecule has 1 aromatic carbocycles. The number of hydrogen-bond acceptors (Lipinski definition) is 3. The molecule has 1 aromatic rings. The number of halogens is 3. The van der Waals surface area contributed by atoms with Crippen LogP contribution in [0.25, 0.3) is 0 Å². The van der Waals surface area contributed by atoms with Gasteiger partial charge in [-0.1, -0.05) is 25.1 Å². The zero-order valence-corrected chi connectivity index (χ0v) is 10.7. The van der Waals surface area contributed by atoms with Crippen LogP contribution in [0.3, 0.4) is 0 Å². The predicted molar refractivity (Wildman–Crippen MR) is 64.1 cm³/mol. The maximum atomic E-state index is 14.2. The number of nitriles is 1. The Labute approximate surface area is 113 Å². The molecule has 7 heteroatoms. The molecule has 1 atom stereocenters. The summed E-state index contributed by atoms with van der Waals surface area (Å²) in [7, 11) is 0. The van der Waals surface area contributed by atoms with Crippen LogP contribution in [-0.2, 0) is 15.1 Å². The highest BCUT2D eigenvalue weighted by molar-refractivity contribution is 5.83. The summed E-state index contributed by atoms with van der Waals surface area (Å²) in [6, 6.07) is 6.21. The van der Waals surface area contributed by atoms with Crippen LogP contribution in [-0.4, -0.2) is 18.4 Å². The Bertz CT molecular complexity index is 543. The lowest BCUT2D eigenvalue weighted by Crippen LogP contribution is -2.55. The number of carbonyl (C=O) groups excluding carboxylic acids is 1. The monoisotopic (exact) mass is 286 g/mol. The van der Waals surface area contributed by atoms with Crippen molar-refractivity contribution in [3.05, 3.63) is 35.6 Å². The summed E-state index contributed by atoms with van der Waals surface area (Å²) in [4.78, 5) is 11.1. The van der Waals surface area contributed by atoms with Gasteiger partial charge in [-0.3, -0.25) is 4.79 Å². The lowest BCUT2D eigenvalue weighted by atomic mass is 9.83. The molecule has 0 aliphatic heterocycles. The molecule has 0 fully saturated rings. The van der Waals surface area contributed by atoms with Crippen molar-refractivity contribution in [1.29, 1.82) is 5.26 Å². The van der Waals surface area contributed by atoms with Gasteiger partial charge in [0.15, 0.2) is 5.60 Å². The van der Waals surface area contributed by atoms with Crippen LogP contribution in [0.4, 0.5) is 13.2 Å². The highest BCUT2D eigenvalue weighted by Crippen LogP contribution is 2.44. The number of carbonyl (C=O) groups is 1. The third kappa shape index (κ3) is 2.47. The molecule has 1 amide bonds. The smallest absolute Gasteiger partial charge is 0.356 e. The second-order valence-electron chi connectivity index (χ2n) is 4.05. The number of nitrogens with zero attached hydrogens (tertiary/aromatic N) is 1. The third-order valence-corrected chi connectivity index (χ3v) is 3.01. The Morgan fingerprint density at radius 3 is 2.50 bits per heavy atom. The summed E-state index contributed by atoms with van der Waals surface area (Å²) in [6.45, 7) is 0.561. The molecule has 4 nitrogen and oxygen atoms in total. The third-order valence-electron chi connectivity index (χ3n) is 3.01. The Balaban J connectivity index is 3.53. The van der Waals surface area contributed by atoms with Crippen LogP contribution in [0.5, 0.6) is 0 Å². The summed E-state index contributed by atoms with van der Waals surface area (Å²) >= 11 is 0. The highest BCUT2D eigenvalue weighted by Gasteiger charge is 2.60. The van der Waals surface area contributed by atoms with Gasteiger partial charge < -0.3 is 10.5 Å². The first kappa shape index (κ1) is 16.0. The molecule has 0 aromatic heterocycles. The molecule has 0 saturated carbocycles. The van der Waals surface area contributed by atoms with Gasteiger partial charge in [-0.2, -0.15) is 14.0 Å². The zero-order chi connectivity index (χ0) is 15.4. The minimum absolute atomic E-state index is 0.439. The van der Waals surface area contributed by atoms with Gasteiger partial charge in [0.2, 0.25) is 0 Å². The van der Waals surface area contributed by atoms with Crippen molar-refractivity contribution in [3.63, 3.8) is 0 Å². The molecule has 0 aliphatic rings. The summed E-state index contributed by atoms with van der Waals surface area (Å²) < 4.78 is 47.1. The first-order valence-electron chi connectivity index (χ1n) is 5.77. The minimum atomic E-state index is -4.17. The van der Waals surface area contributed by atoms with Crippen molar-refractivity contribution in [1.82, 2.24) is 0 Å². The fourth-order valence-electron chi connectivity index (χ4n) is 2.00. The van der Waals surface area contributed by atoms with E-state index < -0.39 is 41.8 Å². The molecule has 20 heavy (non-hydrogen) atoms. The Kier molecular flexibility index (Phi) is 4.73. The van der Waals surface area contributed by atoms with Crippen LogP contribution >= 0.6 is 0 Å². The van der Waals surface area contributed by atoms with Gasteiger partial charge in [0.1, 0.15) is 12.4 Å². The molecule has 0 unspecified atom stereocenters. The van der Waals surface area contributed by atoms with E-state index in [0.717, 1.165) is 12.1 Å². The van der Waals surface area contributed by atoms with Crippen LogP contribution in [0, 0.1) is 17.1 Å². The number of primary amides is 1. The number of benzene rings is 1. The summed E-state index contributed by atoms with van der Waals surface area (Å²) in [6.07, 6.45) is -0.439. The van der Waals surface area contributed by atoms with Gasteiger partial charge in [-0.05, 0) is 12.5 Å². The van der Waals surface area contributed by atoms with E-state index in [9.17, 15) is 18.0 Å². The van der Waals surface area contributed by atoms with E-state index in [1.165, 1.54) is 25.1 Å². The van der Waals surface area contributed by atoms with Gasteiger partial charge >= 0.3 is 5.92 Å². The first-order valence-corrected chi connectivity index (χ1v) is 5.77. The minimum Gasteiger partial charge on any atom is -0.364 e. The molecule has 0 heterocycles. The second kappa shape index (κ2) is 5.92. The van der Waals surface area contributed by atoms with E-state index in [1.807, 2.05) is 0 Å². The van der Waals surface area contributed by atoms with Crippen molar-refractivity contribution < 1.29 is 22.7 Å². The van der Waals surface area contributed by atoms with Crippen LogP contribution in [0.2, 0.25) is 0 Å². The molecule has 0 spiro atoms. The second-order valence-corrected chi connectivity index (χ2v) is 4.05.